The lowest BCUT2D eigenvalue weighted by molar-refractivity contribution is 0.286. The second kappa shape index (κ2) is 5.40. The molecule has 0 aliphatic carbocycles. The van der Waals surface area contributed by atoms with Crippen LogP contribution in [0.15, 0.2) is 53.3 Å². The van der Waals surface area contributed by atoms with Crippen molar-refractivity contribution >= 4 is 0 Å². The Morgan fingerprint density at radius 3 is 2.28 bits per heavy atom. The van der Waals surface area contributed by atoms with E-state index in [4.69, 9.17) is 4.74 Å². The van der Waals surface area contributed by atoms with E-state index in [-0.39, 0.29) is 6.61 Å². The zero-order valence-corrected chi connectivity index (χ0v) is 9.40. The van der Waals surface area contributed by atoms with Crippen molar-refractivity contribution in [2.24, 2.45) is 0 Å². The molecule has 0 saturated heterocycles. The van der Waals surface area contributed by atoms with Crippen LogP contribution in [0.1, 0.15) is 5.56 Å². The predicted octanol–water partition coefficient (Wildman–Crippen LogP) is 2.90. The van der Waals surface area contributed by atoms with Crippen molar-refractivity contribution in [2.75, 3.05) is 0 Å². The van der Waals surface area contributed by atoms with E-state index >= 15 is 0 Å². The first kappa shape index (κ1) is 12.2. The van der Waals surface area contributed by atoms with Gasteiger partial charge in [-0.25, -0.2) is 8.78 Å². The molecule has 2 nitrogen and oxygen atoms in total. The molecule has 0 spiro atoms. The molecule has 0 aromatic heterocycles. The number of hydrogen-bond donors (Lipinski definition) is 0. The summed E-state index contributed by atoms with van der Waals surface area (Å²) in [7, 11) is 0. The standard InChI is InChI=1S/C14H10F2O2/c15-11-7-4-8-12(16)14(13(11)17)18-9-10-5-2-1-3-6-10/h1-8H,9H2. The normalized spacial score (nSPS) is 10.1. The Morgan fingerprint density at radius 2 is 1.56 bits per heavy atom. The van der Waals surface area contributed by atoms with E-state index < -0.39 is 22.8 Å². The lowest BCUT2D eigenvalue weighted by Gasteiger charge is -2.04. The lowest BCUT2D eigenvalue weighted by atomic mass is 10.2. The second-order valence-corrected chi connectivity index (χ2v) is 3.65. The van der Waals surface area contributed by atoms with E-state index in [1.165, 1.54) is 0 Å². The molecule has 0 aliphatic rings. The van der Waals surface area contributed by atoms with Crippen LogP contribution in [0.2, 0.25) is 0 Å². The molecule has 2 aromatic carbocycles. The molecule has 0 fully saturated rings. The molecule has 0 amide bonds. The predicted molar refractivity (Wildman–Crippen MR) is 63.4 cm³/mol. The first-order chi connectivity index (χ1) is 8.68. The molecule has 2 aromatic rings. The van der Waals surface area contributed by atoms with Crippen LogP contribution in [0, 0.1) is 11.6 Å². The van der Waals surface area contributed by atoms with Crippen LogP contribution in [-0.2, 0) is 6.61 Å². The highest BCUT2D eigenvalue weighted by molar-refractivity contribution is 5.24. The van der Waals surface area contributed by atoms with Crippen molar-refractivity contribution in [3.63, 3.8) is 0 Å². The zero-order chi connectivity index (χ0) is 13.0. The Bertz CT molecular complexity index is 597. The van der Waals surface area contributed by atoms with Crippen molar-refractivity contribution in [2.45, 2.75) is 6.61 Å². The summed E-state index contributed by atoms with van der Waals surface area (Å²) in [6.45, 7) is 0.0104. The fourth-order valence-electron chi connectivity index (χ4n) is 1.45. The van der Waals surface area contributed by atoms with Gasteiger partial charge in [-0.3, -0.25) is 4.79 Å². The molecule has 0 N–H and O–H groups in total. The molecular weight excluding hydrogens is 238 g/mol. The van der Waals surface area contributed by atoms with Crippen molar-refractivity contribution in [3.05, 3.63) is 76.0 Å². The van der Waals surface area contributed by atoms with Gasteiger partial charge in [0, 0.05) is 0 Å². The molecule has 18 heavy (non-hydrogen) atoms. The molecule has 4 heteroatoms. The third-order valence-electron chi connectivity index (χ3n) is 2.35. The van der Waals surface area contributed by atoms with Crippen LogP contribution in [0.4, 0.5) is 8.78 Å². The van der Waals surface area contributed by atoms with Gasteiger partial charge in [0.05, 0.1) is 0 Å². The van der Waals surface area contributed by atoms with Gasteiger partial charge >= 0.3 is 0 Å². The third-order valence-corrected chi connectivity index (χ3v) is 2.35. The van der Waals surface area contributed by atoms with Gasteiger partial charge in [0.25, 0.3) is 5.43 Å². The van der Waals surface area contributed by atoms with Crippen molar-refractivity contribution in [1.29, 1.82) is 0 Å². The van der Waals surface area contributed by atoms with Gasteiger partial charge in [0.1, 0.15) is 6.61 Å². The van der Waals surface area contributed by atoms with Crippen LogP contribution < -0.4 is 10.2 Å². The molecule has 0 unspecified atom stereocenters. The number of rotatable bonds is 3. The van der Waals surface area contributed by atoms with E-state index in [0.717, 1.165) is 23.8 Å². The summed E-state index contributed by atoms with van der Waals surface area (Å²) < 4.78 is 31.7. The smallest absolute Gasteiger partial charge is 0.258 e. The Labute approximate surface area is 102 Å². The highest BCUT2D eigenvalue weighted by Crippen LogP contribution is 2.12. The van der Waals surface area contributed by atoms with Crippen molar-refractivity contribution < 1.29 is 13.5 Å². The number of ether oxygens (including phenoxy) is 1. The Kier molecular flexibility index (Phi) is 3.67. The summed E-state index contributed by atoms with van der Waals surface area (Å²) in [5.74, 6) is -2.51. The minimum atomic E-state index is -1.08. The van der Waals surface area contributed by atoms with Crippen LogP contribution in [-0.4, -0.2) is 0 Å². The molecule has 2 rings (SSSR count). The molecular formula is C14H10F2O2. The maximum Gasteiger partial charge on any atom is 0.258 e. The summed E-state index contributed by atoms with van der Waals surface area (Å²) >= 11 is 0. The summed E-state index contributed by atoms with van der Waals surface area (Å²) in [6.07, 6.45) is 0. The Morgan fingerprint density at radius 1 is 0.889 bits per heavy atom. The lowest BCUT2D eigenvalue weighted by Crippen LogP contribution is -2.10. The van der Waals surface area contributed by atoms with Gasteiger partial charge in [-0.1, -0.05) is 36.4 Å². The third kappa shape index (κ3) is 2.71. The number of halogens is 2. The first-order valence-electron chi connectivity index (χ1n) is 5.33. The van der Waals surface area contributed by atoms with Gasteiger partial charge in [0.2, 0.25) is 5.75 Å². The van der Waals surface area contributed by atoms with Gasteiger partial charge < -0.3 is 4.74 Å². The van der Waals surface area contributed by atoms with Crippen molar-refractivity contribution in [1.82, 2.24) is 0 Å². The number of hydrogen-bond acceptors (Lipinski definition) is 2. The average molecular weight is 248 g/mol. The van der Waals surface area contributed by atoms with E-state index in [1.54, 1.807) is 24.3 Å². The Balaban J connectivity index is 2.28. The summed E-state index contributed by atoms with van der Waals surface area (Å²) in [6, 6.07) is 12.0. The van der Waals surface area contributed by atoms with Crippen molar-refractivity contribution in [3.8, 4) is 5.75 Å². The second-order valence-electron chi connectivity index (χ2n) is 3.65. The molecule has 0 atom stereocenters. The largest absolute Gasteiger partial charge is 0.482 e. The minimum absolute atomic E-state index is 0.0104. The van der Waals surface area contributed by atoms with Crippen LogP contribution in [0.5, 0.6) is 5.75 Å². The monoisotopic (exact) mass is 248 g/mol. The first-order valence-corrected chi connectivity index (χ1v) is 5.33. The van der Waals surface area contributed by atoms with Gasteiger partial charge in [0.15, 0.2) is 11.6 Å². The van der Waals surface area contributed by atoms with E-state index in [0.29, 0.717) is 0 Å². The molecule has 92 valence electrons. The van der Waals surface area contributed by atoms with Crippen LogP contribution in [0.3, 0.4) is 0 Å². The highest BCUT2D eigenvalue weighted by Gasteiger charge is 2.10. The maximum atomic E-state index is 13.5. The highest BCUT2D eigenvalue weighted by atomic mass is 19.1. The van der Waals surface area contributed by atoms with Gasteiger partial charge in [-0.2, -0.15) is 0 Å². The zero-order valence-electron chi connectivity index (χ0n) is 9.40. The van der Waals surface area contributed by atoms with Gasteiger partial charge in [-0.05, 0) is 17.7 Å². The topological polar surface area (TPSA) is 26.3 Å². The summed E-state index contributed by atoms with van der Waals surface area (Å²) in [5.41, 5.74) is -0.309. The number of benzene rings is 1. The minimum Gasteiger partial charge on any atom is -0.482 e. The summed E-state index contributed by atoms with van der Waals surface area (Å²) in [4.78, 5) is 11.5. The fraction of sp³-hybridized carbons (Fsp3) is 0.0714. The summed E-state index contributed by atoms with van der Waals surface area (Å²) in [5, 5.41) is 0. The molecule has 0 saturated carbocycles. The van der Waals surface area contributed by atoms with E-state index in [2.05, 4.69) is 0 Å². The van der Waals surface area contributed by atoms with E-state index in [9.17, 15) is 13.6 Å². The van der Waals surface area contributed by atoms with E-state index in [1.807, 2.05) is 6.07 Å². The average Bonchev–Trinajstić information content (AvgIpc) is 2.50. The molecule has 0 heterocycles. The molecule has 0 bridgehead atoms. The molecule has 0 radical (unpaired) electrons. The quantitative estimate of drug-likeness (QED) is 0.834. The Hall–Kier alpha value is -2.23. The fourth-order valence-corrected chi connectivity index (χ4v) is 1.45. The van der Waals surface area contributed by atoms with Crippen LogP contribution >= 0.6 is 0 Å². The molecule has 0 aliphatic heterocycles. The SMILES string of the molecule is O=c1c(F)cccc(F)c1OCc1ccccc1. The van der Waals surface area contributed by atoms with Crippen LogP contribution in [0.25, 0.3) is 0 Å². The maximum absolute atomic E-state index is 13.5. The van der Waals surface area contributed by atoms with Gasteiger partial charge in [-0.15, -0.1) is 0 Å².